The van der Waals surface area contributed by atoms with Crippen LogP contribution >= 0.6 is 11.3 Å². The third-order valence-corrected chi connectivity index (χ3v) is 5.45. The highest BCUT2D eigenvalue weighted by Crippen LogP contribution is 2.44. The van der Waals surface area contributed by atoms with Crippen molar-refractivity contribution < 1.29 is 9.90 Å². The topological polar surface area (TPSA) is 54.6 Å². The van der Waals surface area contributed by atoms with Crippen molar-refractivity contribution in [3.05, 3.63) is 57.8 Å². The first-order valence-electron chi connectivity index (χ1n) is 8.17. The largest absolute Gasteiger partial charge is 0.477 e. The Morgan fingerprint density at radius 2 is 2.00 bits per heavy atom. The van der Waals surface area contributed by atoms with E-state index >= 15 is 0 Å². The molecule has 122 valence electrons. The van der Waals surface area contributed by atoms with Gasteiger partial charge in [-0.2, -0.15) is 0 Å². The molecule has 24 heavy (non-hydrogen) atoms. The van der Waals surface area contributed by atoms with Crippen LogP contribution in [0.15, 0.2) is 47.6 Å². The van der Waals surface area contributed by atoms with Gasteiger partial charge in [-0.25, -0.2) is 9.79 Å². The molecule has 1 aromatic heterocycles. The molecule has 0 aliphatic heterocycles. The van der Waals surface area contributed by atoms with Crippen LogP contribution in [0, 0.1) is 0 Å². The fourth-order valence-corrected chi connectivity index (χ4v) is 3.96. The van der Waals surface area contributed by atoms with Crippen molar-refractivity contribution >= 4 is 33.8 Å². The predicted molar refractivity (Wildman–Crippen MR) is 96.1 cm³/mol. The van der Waals surface area contributed by atoms with Crippen LogP contribution in [0.4, 0.5) is 5.69 Å². The number of aryl methyl sites for hydroxylation is 1. The Hall–Kier alpha value is -2.40. The van der Waals surface area contributed by atoms with Gasteiger partial charge in [0.25, 0.3) is 0 Å². The zero-order valence-electron chi connectivity index (χ0n) is 13.4. The van der Waals surface area contributed by atoms with E-state index in [-0.39, 0.29) is 0 Å². The normalized spacial score (nSPS) is 15.1. The summed E-state index contributed by atoms with van der Waals surface area (Å²) in [6.45, 7) is 2.69. The van der Waals surface area contributed by atoms with Gasteiger partial charge in [0, 0.05) is 18.1 Å². The Morgan fingerprint density at radius 1 is 1.25 bits per heavy atom. The van der Waals surface area contributed by atoms with E-state index in [2.05, 4.69) is 30.3 Å². The molecule has 0 atom stereocenters. The molecule has 1 aliphatic carbocycles. The third kappa shape index (κ3) is 2.65. The average Bonchev–Trinajstić information content (AvgIpc) is 3.35. The van der Waals surface area contributed by atoms with Gasteiger partial charge in [0.05, 0.1) is 5.69 Å². The van der Waals surface area contributed by atoms with E-state index in [9.17, 15) is 9.90 Å². The Morgan fingerprint density at radius 3 is 2.67 bits per heavy atom. The van der Waals surface area contributed by atoms with Crippen molar-refractivity contribution in [1.29, 1.82) is 0 Å². The lowest BCUT2D eigenvalue weighted by Gasteiger charge is -2.08. The van der Waals surface area contributed by atoms with Crippen LogP contribution < -0.4 is 4.80 Å². The lowest BCUT2D eigenvalue weighted by atomic mass is 10.00. The van der Waals surface area contributed by atoms with Crippen molar-refractivity contribution in [3.8, 4) is 0 Å². The van der Waals surface area contributed by atoms with Crippen LogP contribution in [0.25, 0.3) is 10.8 Å². The number of aromatic nitrogens is 1. The maximum atomic E-state index is 11.2. The molecule has 2 aromatic carbocycles. The summed E-state index contributed by atoms with van der Waals surface area (Å²) < 4.78 is 1.89. The number of nitrogens with zero attached hydrogens (tertiary/aromatic N) is 2. The van der Waals surface area contributed by atoms with Crippen molar-refractivity contribution in [2.45, 2.75) is 32.2 Å². The van der Waals surface area contributed by atoms with Gasteiger partial charge in [-0.3, -0.25) is 0 Å². The number of carboxylic acids is 1. The monoisotopic (exact) mass is 338 g/mol. The Labute approximate surface area is 143 Å². The van der Waals surface area contributed by atoms with Crippen molar-refractivity contribution in [2.75, 3.05) is 0 Å². The fraction of sp³-hybridized carbons (Fsp3) is 0.263. The van der Waals surface area contributed by atoms with Gasteiger partial charge >= 0.3 is 5.97 Å². The molecule has 4 nitrogen and oxygen atoms in total. The van der Waals surface area contributed by atoms with Gasteiger partial charge < -0.3 is 9.67 Å². The van der Waals surface area contributed by atoms with Crippen LogP contribution in [0.5, 0.6) is 0 Å². The number of hydrogen-bond acceptors (Lipinski definition) is 3. The molecule has 5 heteroatoms. The van der Waals surface area contributed by atoms with Gasteiger partial charge in [-0.1, -0.05) is 41.7 Å². The molecule has 0 bridgehead atoms. The number of aromatic carboxylic acids is 1. The van der Waals surface area contributed by atoms with Crippen LogP contribution in [-0.4, -0.2) is 15.6 Å². The first-order valence-corrected chi connectivity index (χ1v) is 8.99. The molecule has 0 amide bonds. The third-order valence-electron chi connectivity index (χ3n) is 4.44. The van der Waals surface area contributed by atoms with Gasteiger partial charge in [0.2, 0.25) is 0 Å². The molecule has 0 spiro atoms. The van der Waals surface area contributed by atoms with Crippen LogP contribution in [-0.2, 0) is 6.54 Å². The summed E-state index contributed by atoms with van der Waals surface area (Å²) in [6.07, 6.45) is 4.19. The summed E-state index contributed by atoms with van der Waals surface area (Å²) in [5, 5.41) is 11.6. The fourth-order valence-electron chi connectivity index (χ4n) is 3.05. The van der Waals surface area contributed by atoms with E-state index in [1.165, 1.54) is 35.1 Å². The van der Waals surface area contributed by atoms with E-state index in [0.717, 1.165) is 15.9 Å². The summed E-state index contributed by atoms with van der Waals surface area (Å²) in [6, 6.07) is 12.6. The van der Waals surface area contributed by atoms with Gasteiger partial charge in [0.1, 0.15) is 4.88 Å². The van der Waals surface area contributed by atoms with Crippen molar-refractivity contribution in [1.82, 2.24) is 4.57 Å². The zero-order chi connectivity index (χ0) is 16.7. The maximum Gasteiger partial charge on any atom is 0.347 e. The smallest absolute Gasteiger partial charge is 0.347 e. The highest BCUT2D eigenvalue weighted by atomic mass is 32.1. The highest BCUT2D eigenvalue weighted by molar-refractivity contribution is 7.11. The second-order valence-corrected chi connectivity index (χ2v) is 7.08. The summed E-state index contributed by atoms with van der Waals surface area (Å²) in [4.78, 5) is 17.0. The van der Waals surface area contributed by atoms with Crippen molar-refractivity contribution in [3.63, 3.8) is 0 Å². The molecule has 1 saturated carbocycles. The minimum Gasteiger partial charge on any atom is -0.477 e. The van der Waals surface area contributed by atoms with E-state index in [1.807, 2.05) is 17.6 Å². The summed E-state index contributed by atoms with van der Waals surface area (Å²) in [7, 11) is 0. The number of rotatable bonds is 4. The van der Waals surface area contributed by atoms with E-state index in [0.29, 0.717) is 17.3 Å². The zero-order valence-corrected chi connectivity index (χ0v) is 14.2. The Bertz CT molecular complexity index is 996. The minimum absolute atomic E-state index is 0.314. The molecule has 3 aromatic rings. The van der Waals surface area contributed by atoms with E-state index in [1.54, 1.807) is 6.20 Å². The molecule has 0 saturated heterocycles. The van der Waals surface area contributed by atoms with Crippen LogP contribution in [0.3, 0.4) is 0 Å². The van der Waals surface area contributed by atoms with Crippen molar-refractivity contribution in [2.24, 2.45) is 4.99 Å². The molecule has 1 heterocycles. The van der Waals surface area contributed by atoms with E-state index < -0.39 is 5.97 Å². The van der Waals surface area contributed by atoms with E-state index in [4.69, 9.17) is 4.99 Å². The van der Waals surface area contributed by atoms with Gasteiger partial charge in [-0.15, -0.1) is 0 Å². The standard InChI is InChI=1S/C19H18N2O2S/c1-2-21-11-17(18(22)23)24-19(21)20-16-10-9-13(12-7-8-12)14-5-3-4-6-15(14)16/h3-6,9-12H,2,7-8H2,1H3,(H,22,23). The first-order chi connectivity index (χ1) is 11.7. The number of thiazole rings is 1. The minimum atomic E-state index is -0.905. The molecule has 4 rings (SSSR count). The molecule has 0 unspecified atom stereocenters. The first kappa shape index (κ1) is 15.1. The number of carbonyl (C=O) groups is 1. The Balaban J connectivity index is 1.92. The molecule has 1 fully saturated rings. The molecular formula is C19H18N2O2S. The number of hydrogen-bond donors (Lipinski definition) is 1. The molecular weight excluding hydrogens is 320 g/mol. The second kappa shape index (κ2) is 5.91. The Kier molecular flexibility index (Phi) is 3.73. The average molecular weight is 338 g/mol. The number of benzene rings is 2. The quantitative estimate of drug-likeness (QED) is 0.760. The lowest BCUT2D eigenvalue weighted by molar-refractivity contribution is 0.0701. The summed E-state index contributed by atoms with van der Waals surface area (Å²) in [5.41, 5.74) is 2.31. The molecule has 0 radical (unpaired) electrons. The number of fused-ring (bicyclic) bond motifs is 1. The lowest BCUT2D eigenvalue weighted by Crippen LogP contribution is -2.11. The predicted octanol–water partition coefficient (Wildman–Crippen LogP) is 4.53. The highest BCUT2D eigenvalue weighted by Gasteiger charge is 2.25. The number of carboxylic acid groups (broad SMARTS) is 1. The molecule has 1 N–H and O–H groups in total. The van der Waals surface area contributed by atoms with Gasteiger partial charge in [-0.05, 0) is 42.7 Å². The summed E-state index contributed by atoms with van der Waals surface area (Å²) in [5.74, 6) is -0.220. The van der Waals surface area contributed by atoms with Crippen LogP contribution in [0.1, 0.15) is 40.9 Å². The molecule has 1 aliphatic rings. The summed E-state index contributed by atoms with van der Waals surface area (Å²) >= 11 is 1.22. The second-order valence-electron chi connectivity index (χ2n) is 6.07. The van der Waals surface area contributed by atoms with Crippen LogP contribution in [0.2, 0.25) is 0 Å². The van der Waals surface area contributed by atoms with Gasteiger partial charge in [0.15, 0.2) is 4.80 Å². The maximum absolute atomic E-state index is 11.2. The SMILES string of the molecule is CCn1cc(C(=O)O)sc1=Nc1ccc(C2CC2)c2ccccc12.